The molecule has 0 N–H and O–H groups in total. The Kier molecular flexibility index (Phi) is 6.21. The Balaban J connectivity index is 1.30. The van der Waals surface area contributed by atoms with Crippen LogP contribution in [0.2, 0.25) is 0 Å². The summed E-state index contributed by atoms with van der Waals surface area (Å²) in [4.78, 5) is 2.44. The molecule has 0 spiro atoms. The standard InChI is InChI=1S/C28H27FN6O2S/c1-32-20-27(18-30-32)38(36,37)34-14-13-33(19-26(34)15-21-5-3-2-4-6-21)25-11-12-28-22(16-25)17-31-35(28)24-9-7-23(29)8-10-24/h2-12,16-18,20,26H,13-15,19H2,1H3/t26-/m1/s1. The zero-order valence-electron chi connectivity index (χ0n) is 20.9. The summed E-state index contributed by atoms with van der Waals surface area (Å²) in [5.41, 5.74) is 3.79. The van der Waals surface area contributed by atoms with Gasteiger partial charge in [-0.05, 0) is 54.4 Å². The van der Waals surface area contributed by atoms with E-state index in [2.05, 4.69) is 21.2 Å². The molecule has 1 saturated heterocycles. The molecule has 3 aromatic carbocycles. The van der Waals surface area contributed by atoms with Crippen molar-refractivity contribution in [2.45, 2.75) is 17.4 Å². The summed E-state index contributed by atoms with van der Waals surface area (Å²) >= 11 is 0. The zero-order chi connectivity index (χ0) is 26.3. The normalized spacial score (nSPS) is 16.8. The number of sulfonamides is 1. The van der Waals surface area contributed by atoms with Gasteiger partial charge in [0.25, 0.3) is 0 Å². The summed E-state index contributed by atoms with van der Waals surface area (Å²) in [7, 11) is -1.98. The fourth-order valence-corrected chi connectivity index (χ4v) is 6.71. The van der Waals surface area contributed by atoms with Crippen molar-refractivity contribution in [3.63, 3.8) is 0 Å². The van der Waals surface area contributed by atoms with Crippen LogP contribution in [0.25, 0.3) is 16.6 Å². The Morgan fingerprint density at radius 2 is 1.68 bits per heavy atom. The Labute approximate surface area is 220 Å². The number of rotatable bonds is 6. The molecule has 0 amide bonds. The number of piperazine rings is 1. The van der Waals surface area contributed by atoms with Gasteiger partial charge in [0, 0.05) is 50.0 Å². The van der Waals surface area contributed by atoms with E-state index in [9.17, 15) is 12.8 Å². The molecule has 1 aliphatic heterocycles. The summed E-state index contributed by atoms with van der Waals surface area (Å²) in [5, 5.41) is 9.55. The number of benzene rings is 3. The smallest absolute Gasteiger partial charge is 0.246 e. The van der Waals surface area contributed by atoms with Gasteiger partial charge < -0.3 is 4.90 Å². The molecule has 0 bridgehead atoms. The van der Waals surface area contributed by atoms with Crippen LogP contribution in [-0.2, 0) is 23.5 Å². The van der Waals surface area contributed by atoms with Gasteiger partial charge in [0.05, 0.1) is 23.6 Å². The SMILES string of the molecule is Cn1cc(S(=O)(=O)N2CCN(c3ccc4c(cnn4-c4ccc(F)cc4)c3)C[C@H]2Cc2ccccc2)cn1. The predicted octanol–water partition coefficient (Wildman–Crippen LogP) is 4.02. The molecule has 0 unspecified atom stereocenters. The van der Waals surface area contributed by atoms with Crippen LogP contribution in [0.5, 0.6) is 0 Å². The molecule has 6 rings (SSSR count). The van der Waals surface area contributed by atoms with Gasteiger partial charge in [-0.1, -0.05) is 30.3 Å². The van der Waals surface area contributed by atoms with E-state index in [0.29, 0.717) is 26.1 Å². The maximum atomic E-state index is 13.6. The van der Waals surface area contributed by atoms with Gasteiger partial charge in [0.1, 0.15) is 10.7 Å². The Hall–Kier alpha value is -4.02. The van der Waals surface area contributed by atoms with E-state index >= 15 is 0 Å². The highest BCUT2D eigenvalue weighted by molar-refractivity contribution is 7.89. The summed E-state index contributed by atoms with van der Waals surface area (Å²) < 4.78 is 45.5. The highest BCUT2D eigenvalue weighted by Gasteiger charge is 2.37. The fourth-order valence-electron chi connectivity index (χ4n) is 5.11. The minimum absolute atomic E-state index is 0.209. The second kappa shape index (κ2) is 9.70. The molecular formula is C28H27FN6O2S. The molecule has 2 aromatic heterocycles. The van der Waals surface area contributed by atoms with E-state index < -0.39 is 10.0 Å². The van der Waals surface area contributed by atoms with Crippen molar-refractivity contribution < 1.29 is 12.8 Å². The van der Waals surface area contributed by atoms with E-state index in [1.165, 1.54) is 23.0 Å². The van der Waals surface area contributed by atoms with Crippen LogP contribution in [0.1, 0.15) is 5.56 Å². The lowest BCUT2D eigenvalue weighted by molar-refractivity contribution is 0.288. The van der Waals surface area contributed by atoms with Gasteiger partial charge in [-0.15, -0.1) is 0 Å². The van der Waals surface area contributed by atoms with Crippen LogP contribution in [-0.4, -0.2) is 58.0 Å². The monoisotopic (exact) mass is 530 g/mol. The highest BCUT2D eigenvalue weighted by Crippen LogP contribution is 2.29. The average Bonchev–Trinajstić information content (AvgIpc) is 3.56. The van der Waals surface area contributed by atoms with Crippen molar-refractivity contribution in [2.75, 3.05) is 24.5 Å². The lowest BCUT2D eigenvalue weighted by atomic mass is 10.0. The minimum atomic E-state index is -3.70. The van der Waals surface area contributed by atoms with Gasteiger partial charge >= 0.3 is 0 Å². The molecule has 0 radical (unpaired) electrons. The summed E-state index contributed by atoms with van der Waals surface area (Å²) in [6.45, 7) is 1.47. The van der Waals surface area contributed by atoms with Crippen molar-refractivity contribution in [1.29, 1.82) is 0 Å². The zero-order valence-corrected chi connectivity index (χ0v) is 21.7. The third-order valence-electron chi connectivity index (χ3n) is 7.02. The first-order valence-corrected chi connectivity index (χ1v) is 13.9. The van der Waals surface area contributed by atoms with Gasteiger partial charge in [-0.25, -0.2) is 17.5 Å². The lowest BCUT2D eigenvalue weighted by Gasteiger charge is -2.41. The van der Waals surface area contributed by atoms with Crippen LogP contribution in [0.4, 0.5) is 10.1 Å². The summed E-state index contributed by atoms with van der Waals surface area (Å²) in [6, 6.07) is 22.1. The lowest BCUT2D eigenvalue weighted by Crippen LogP contribution is -2.56. The molecule has 8 nitrogen and oxygen atoms in total. The number of hydrogen-bond donors (Lipinski definition) is 0. The van der Waals surface area contributed by atoms with Crippen LogP contribution in [0.3, 0.4) is 0 Å². The second-order valence-electron chi connectivity index (χ2n) is 9.53. The van der Waals surface area contributed by atoms with Crippen LogP contribution in [0, 0.1) is 5.82 Å². The first-order valence-electron chi connectivity index (χ1n) is 12.4. The highest BCUT2D eigenvalue weighted by atomic mass is 32.2. The van der Waals surface area contributed by atoms with Gasteiger partial charge in [0.15, 0.2) is 0 Å². The third kappa shape index (κ3) is 4.57. The summed E-state index contributed by atoms with van der Waals surface area (Å²) in [6.07, 6.45) is 5.36. The van der Waals surface area contributed by atoms with Gasteiger partial charge in [-0.3, -0.25) is 4.68 Å². The average molecular weight is 531 g/mol. The summed E-state index contributed by atoms with van der Waals surface area (Å²) in [5.74, 6) is -0.290. The van der Waals surface area contributed by atoms with Crippen molar-refractivity contribution in [3.8, 4) is 5.69 Å². The third-order valence-corrected chi connectivity index (χ3v) is 8.92. The molecule has 3 heterocycles. The van der Waals surface area contributed by atoms with Crippen molar-refractivity contribution in [2.24, 2.45) is 7.05 Å². The molecule has 0 aliphatic carbocycles. The van der Waals surface area contributed by atoms with Gasteiger partial charge in [-0.2, -0.15) is 14.5 Å². The molecule has 1 fully saturated rings. The fraction of sp³-hybridized carbons (Fsp3) is 0.214. The van der Waals surface area contributed by atoms with Crippen LogP contribution < -0.4 is 4.90 Å². The van der Waals surface area contributed by atoms with Gasteiger partial charge in [0.2, 0.25) is 10.0 Å². The second-order valence-corrected chi connectivity index (χ2v) is 11.4. The van der Waals surface area contributed by atoms with E-state index in [1.54, 1.807) is 40.6 Å². The molecular weight excluding hydrogens is 503 g/mol. The van der Waals surface area contributed by atoms with E-state index in [0.717, 1.165) is 27.8 Å². The largest absolute Gasteiger partial charge is 0.369 e. The Morgan fingerprint density at radius 1 is 0.921 bits per heavy atom. The molecule has 1 aliphatic rings. The number of fused-ring (bicyclic) bond motifs is 1. The van der Waals surface area contributed by atoms with Crippen molar-refractivity contribution >= 4 is 26.6 Å². The first kappa shape index (κ1) is 24.3. The van der Waals surface area contributed by atoms with Crippen LogP contribution >= 0.6 is 0 Å². The van der Waals surface area contributed by atoms with E-state index in [1.807, 2.05) is 42.5 Å². The Bertz CT molecular complexity index is 1680. The number of aromatic nitrogens is 4. The Morgan fingerprint density at radius 3 is 2.42 bits per heavy atom. The topological polar surface area (TPSA) is 76.3 Å². The number of aryl methyl sites for hydroxylation is 1. The molecule has 38 heavy (non-hydrogen) atoms. The molecule has 5 aromatic rings. The maximum Gasteiger partial charge on any atom is 0.246 e. The number of hydrogen-bond acceptors (Lipinski definition) is 5. The molecule has 0 saturated carbocycles. The predicted molar refractivity (Wildman–Crippen MR) is 144 cm³/mol. The van der Waals surface area contributed by atoms with E-state index in [4.69, 9.17) is 0 Å². The first-order chi connectivity index (χ1) is 18.4. The van der Waals surface area contributed by atoms with Crippen molar-refractivity contribution in [3.05, 3.63) is 103 Å². The van der Waals surface area contributed by atoms with E-state index in [-0.39, 0.29) is 16.8 Å². The number of anilines is 1. The molecule has 10 heteroatoms. The minimum Gasteiger partial charge on any atom is -0.369 e. The molecule has 194 valence electrons. The van der Waals surface area contributed by atoms with Crippen LogP contribution in [0.15, 0.2) is 96.3 Å². The number of halogens is 1. The molecule has 1 atom stereocenters. The number of nitrogens with zero attached hydrogens (tertiary/aromatic N) is 6. The van der Waals surface area contributed by atoms with Crippen molar-refractivity contribution in [1.82, 2.24) is 23.9 Å². The quantitative estimate of drug-likeness (QED) is 0.332. The maximum absolute atomic E-state index is 13.6.